The Balaban J connectivity index is 1.40. The molecule has 4 rings (SSSR count). The Morgan fingerprint density at radius 3 is 2.52 bits per heavy atom. The van der Waals surface area contributed by atoms with Crippen molar-refractivity contribution in [2.45, 2.75) is 13.3 Å². The van der Waals surface area contributed by atoms with Gasteiger partial charge in [-0.3, -0.25) is 9.36 Å². The maximum atomic E-state index is 12.3. The van der Waals surface area contributed by atoms with Gasteiger partial charge in [0.15, 0.2) is 0 Å². The summed E-state index contributed by atoms with van der Waals surface area (Å²) in [6.07, 6.45) is 4.45. The Hall–Kier alpha value is -2.34. The first-order chi connectivity index (χ1) is 12.2. The van der Waals surface area contributed by atoms with Crippen molar-refractivity contribution < 1.29 is 9.53 Å². The fraction of sp³-hybridized carbons (Fsp3) is 0.474. The zero-order valence-corrected chi connectivity index (χ0v) is 14.6. The molecular formula is C19H24N4O2. The second-order valence-electron chi connectivity index (χ2n) is 6.91. The summed E-state index contributed by atoms with van der Waals surface area (Å²) in [6.45, 7) is 6.70. The Morgan fingerprint density at radius 2 is 1.88 bits per heavy atom. The van der Waals surface area contributed by atoms with Gasteiger partial charge in [-0.25, -0.2) is 4.98 Å². The Labute approximate surface area is 148 Å². The topological polar surface area (TPSA) is 50.6 Å². The first-order valence-electron chi connectivity index (χ1n) is 8.91. The van der Waals surface area contributed by atoms with Gasteiger partial charge in [0.2, 0.25) is 11.9 Å². The Morgan fingerprint density at radius 1 is 1.16 bits per heavy atom. The first-order valence-corrected chi connectivity index (χ1v) is 8.91. The number of aryl methyl sites for hydroxylation is 1. The van der Waals surface area contributed by atoms with Crippen molar-refractivity contribution in [2.24, 2.45) is 5.92 Å². The summed E-state index contributed by atoms with van der Waals surface area (Å²) in [5.41, 5.74) is 2.36. The van der Waals surface area contributed by atoms with E-state index in [1.54, 1.807) is 0 Å². The molecule has 0 bridgehead atoms. The number of nitrogens with zero attached hydrogens (tertiary/aromatic N) is 4. The predicted molar refractivity (Wildman–Crippen MR) is 96.0 cm³/mol. The van der Waals surface area contributed by atoms with Crippen LogP contribution in [-0.4, -0.2) is 59.8 Å². The van der Waals surface area contributed by atoms with E-state index in [0.29, 0.717) is 12.3 Å². The second kappa shape index (κ2) is 6.88. The van der Waals surface area contributed by atoms with Crippen molar-refractivity contribution in [1.29, 1.82) is 0 Å². The predicted octanol–water partition coefficient (Wildman–Crippen LogP) is 1.87. The monoisotopic (exact) mass is 340 g/mol. The zero-order chi connectivity index (χ0) is 17.2. The van der Waals surface area contributed by atoms with Gasteiger partial charge in [-0.2, -0.15) is 0 Å². The van der Waals surface area contributed by atoms with Crippen molar-refractivity contribution in [2.75, 3.05) is 44.3 Å². The summed E-state index contributed by atoms with van der Waals surface area (Å²) in [4.78, 5) is 21.1. The van der Waals surface area contributed by atoms with Gasteiger partial charge < -0.3 is 14.5 Å². The summed E-state index contributed by atoms with van der Waals surface area (Å²) >= 11 is 0. The van der Waals surface area contributed by atoms with Crippen LogP contribution in [-0.2, 0) is 9.53 Å². The molecular weight excluding hydrogens is 316 g/mol. The molecule has 0 unspecified atom stereocenters. The summed E-state index contributed by atoms with van der Waals surface area (Å²) in [5, 5.41) is 0. The number of piperazine rings is 1. The fourth-order valence-corrected chi connectivity index (χ4v) is 3.37. The molecule has 2 aliphatic heterocycles. The average molecular weight is 340 g/mol. The Kier molecular flexibility index (Phi) is 4.44. The number of hydrogen-bond donors (Lipinski definition) is 0. The van der Waals surface area contributed by atoms with E-state index in [4.69, 9.17) is 4.74 Å². The number of anilines is 1. The molecule has 1 amide bonds. The molecule has 6 nitrogen and oxygen atoms in total. The highest BCUT2D eigenvalue weighted by Crippen LogP contribution is 2.21. The summed E-state index contributed by atoms with van der Waals surface area (Å²) in [6, 6.07) is 8.45. The van der Waals surface area contributed by atoms with Gasteiger partial charge in [0.1, 0.15) is 0 Å². The van der Waals surface area contributed by atoms with Gasteiger partial charge in [0, 0.05) is 56.6 Å². The van der Waals surface area contributed by atoms with Crippen LogP contribution in [0.2, 0.25) is 0 Å². The lowest BCUT2D eigenvalue weighted by Crippen LogP contribution is -2.50. The number of hydrogen-bond acceptors (Lipinski definition) is 4. The van der Waals surface area contributed by atoms with E-state index in [1.165, 1.54) is 5.56 Å². The lowest BCUT2D eigenvalue weighted by molar-refractivity contribution is -0.136. The minimum Gasteiger partial charge on any atom is -0.381 e. The van der Waals surface area contributed by atoms with Crippen molar-refractivity contribution in [3.63, 3.8) is 0 Å². The summed E-state index contributed by atoms with van der Waals surface area (Å²) in [7, 11) is 0. The van der Waals surface area contributed by atoms with E-state index in [9.17, 15) is 4.79 Å². The van der Waals surface area contributed by atoms with E-state index < -0.39 is 0 Å². The minimum absolute atomic E-state index is 0.259. The van der Waals surface area contributed by atoms with Gasteiger partial charge in [0.25, 0.3) is 0 Å². The van der Waals surface area contributed by atoms with Crippen LogP contribution in [0.1, 0.15) is 12.0 Å². The summed E-state index contributed by atoms with van der Waals surface area (Å²) in [5.74, 6) is 1.63. The quantitative estimate of drug-likeness (QED) is 0.853. The molecule has 0 saturated carbocycles. The Bertz CT molecular complexity index is 728. The van der Waals surface area contributed by atoms with Gasteiger partial charge in [-0.15, -0.1) is 0 Å². The molecule has 0 atom stereocenters. The van der Waals surface area contributed by atoms with Crippen LogP contribution in [0.4, 0.5) is 5.95 Å². The molecule has 2 aliphatic rings. The molecule has 1 aromatic carbocycles. The van der Waals surface area contributed by atoms with Crippen LogP contribution in [0, 0.1) is 12.8 Å². The van der Waals surface area contributed by atoms with Crippen molar-refractivity contribution in [3.05, 3.63) is 42.2 Å². The van der Waals surface area contributed by atoms with Crippen molar-refractivity contribution >= 4 is 11.9 Å². The number of carbonyl (C=O) groups is 1. The van der Waals surface area contributed by atoms with Crippen LogP contribution in [0.5, 0.6) is 0 Å². The largest absolute Gasteiger partial charge is 0.381 e. The third-order valence-electron chi connectivity index (χ3n) is 5.02. The third-order valence-corrected chi connectivity index (χ3v) is 5.02. The average Bonchev–Trinajstić information content (AvgIpc) is 3.08. The SMILES string of the molecule is Cc1ccc(-n2ccnc2N2CCN(C(=O)CC3COC3)CC2)cc1. The van der Waals surface area contributed by atoms with Crippen LogP contribution < -0.4 is 4.90 Å². The molecule has 0 N–H and O–H groups in total. The highest BCUT2D eigenvalue weighted by molar-refractivity contribution is 5.76. The van der Waals surface area contributed by atoms with Gasteiger partial charge in [-0.05, 0) is 19.1 Å². The third kappa shape index (κ3) is 3.39. The highest BCUT2D eigenvalue weighted by Gasteiger charge is 2.28. The van der Waals surface area contributed by atoms with Crippen LogP contribution in [0.15, 0.2) is 36.7 Å². The van der Waals surface area contributed by atoms with Crippen molar-refractivity contribution in [3.8, 4) is 5.69 Å². The lowest BCUT2D eigenvalue weighted by atomic mass is 10.0. The molecule has 25 heavy (non-hydrogen) atoms. The van der Waals surface area contributed by atoms with E-state index in [1.807, 2.05) is 17.3 Å². The first kappa shape index (κ1) is 16.1. The van der Waals surface area contributed by atoms with Crippen LogP contribution in [0.3, 0.4) is 0 Å². The molecule has 2 fully saturated rings. The molecule has 1 aromatic heterocycles. The van der Waals surface area contributed by atoms with Crippen molar-refractivity contribution in [1.82, 2.24) is 14.5 Å². The maximum absolute atomic E-state index is 12.3. The van der Waals surface area contributed by atoms with Gasteiger partial charge in [0.05, 0.1) is 13.2 Å². The fourth-order valence-electron chi connectivity index (χ4n) is 3.37. The molecule has 6 heteroatoms. The smallest absolute Gasteiger partial charge is 0.223 e. The standard InChI is InChI=1S/C19H24N4O2/c1-15-2-4-17(5-3-15)23-7-6-20-19(23)22-10-8-21(9-11-22)18(24)12-16-13-25-14-16/h2-7,16H,8-14H2,1H3. The van der Waals surface area contributed by atoms with Gasteiger partial charge in [-0.1, -0.05) is 17.7 Å². The second-order valence-corrected chi connectivity index (χ2v) is 6.91. The van der Waals surface area contributed by atoms with E-state index in [2.05, 4.69) is 45.6 Å². The lowest BCUT2D eigenvalue weighted by Gasteiger charge is -2.36. The van der Waals surface area contributed by atoms with E-state index in [-0.39, 0.29) is 5.91 Å². The summed E-state index contributed by atoms with van der Waals surface area (Å²) < 4.78 is 7.28. The number of aromatic nitrogens is 2. The van der Waals surface area contributed by atoms with E-state index >= 15 is 0 Å². The zero-order valence-electron chi connectivity index (χ0n) is 14.6. The van der Waals surface area contributed by atoms with Crippen LogP contribution >= 0.6 is 0 Å². The number of benzene rings is 1. The number of imidazole rings is 1. The molecule has 0 aliphatic carbocycles. The van der Waals surface area contributed by atoms with Gasteiger partial charge >= 0.3 is 0 Å². The molecule has 3 heterocycles. The molecule has 132 valence electrons. The normalized spacial score (nSPS) is 18.3. The number of rotatable bonds is 4. The number of ether oxygens (including phenoxy) is 1. The number of carbonyl (C=O) groups excluding carboxylic acids is 1. The molecule has 0 spiro atoms. The minimum atomic E-state index is 0.259. The number of amides is 1. The van der Waals surface area contributed by atoms with Crippen LogP contribution in [0.25, 0.3) is 5.69 Å². The molecule has 0 radical (unpaired) electrons. The molecule has 2 saturated heterocycles. The maximum Gasteiger partial charge on any atom is 0.223 e. The molecule has 2 aromatic rings. The van der Waals surface area contributed by atoms with E-state index in [0.717, 1.165) is 51.0 Å². The highest BCUT2D eigenvalue weighted by atomic mass is 16.5.